The third-order valence-corrected chi connectivity index (χ3v) is 5.66. The maximum atomic E-state index is 13.8. The predicted octanol–water partition coefficient (Wildman–Crippen LogP) is 6.80. The number of ether oxygens (including phenoxy) is 2. The van der Waals surface area contributed by atoms with Crippen LogP contribution in [0.15, 0.2) is 69.9 Å². The maximum absolute atomic E-state index is 13.8. The minimum absolute atomic E-state index is 0.0587. The van der Waals surface area contributed by atoms with E-state index in [1.807, 2.05) is 32.9 Å². The number of hydrogen-bond acceptors (Lipinski definition) is 5. The van der Waals surface area contributed by atoms with Crippen molar-refractivity contribution in [1.82, 2.24) is 0 Å². The quantitative estimate of drug-likeness (QED) is 0.295. The van der Waals surface area contributed by atoms with E-state index >= 15 is 0 Å². The molecule has 192 valence electrons. The van der Waals surface area contributed by atoms with E-state index in [-0.39, 0.29) is 22.5 Å². The molecule has 1 amide bonds. The van der Waals surface area contributed by atoms with Gasteiger partial charge in [-0.2, -0.15) is 13.2 Å². The van der Waals surface area contributed by atoms with Crippen LogP contribution in [0.3, 0.4) is 0 Å². The average Bonchev–Trinajstić information content (AvgIpc) is 2.85. The number of anilines is 1. The summed E-state index contributed by atoms with van der Waals surface area (Å²) in [7, 11) is 0. The second-order valence-corrected chi connectivity index (χ2v) is 8.50. The molecule has 1 aromatic heterocycles. The molecule has 0 aliphatic heterocycles. The second kappa shape index (κ2) is 10.4. The minimum Gasteiger partial charge on any atom is -0.484 e. The van der Waals surface area contributed by atoms with Gasteiger partial charge in [-0.3, -0.25) is 9.59 Å². The zero-order valence-corrected chi connectivity index (χ0v) is 20.4. The molecule has 0 spiro atoms. The lowest BCUT2D eigenvalue weighted by Gasteiger charge is -2.14. The molecule has 0 aliphatic carbocycles. The number of carbonyl (C=O) groups excluding carboxylic acids is 1. The zero-order valence-electron chi connectivity index (χ0n) is 20.4. The Morgan fingerprint density at radius 2 is 1.68 bits per heavy atom. The Hall–Kier alpha value is -4.27. The van der Waals surface area contributed by atoms with Gasteiger partial charge in [-0.25, -0.2) is 0 Å². The lowest BCUT2D eigenvalue weighted by atomic mass is 10.1. The summed E-state index contributed by atoms with van der Waals surface area (Å²) in [5, 5.41) is 2.59. The number of benzene rings is 3. The standard InChI is InChI=1S/C28H24F3NO5/c1-4-18-6-8-19(9-7-18)36-26-25(34)21-11-10-20(14-23(21)37-27(26)28(29,30)31)35-15-24(33)32-22-12-5-16(2)13-17(22)3/h5-14H,4,15H2,1-3H3,(H,32,33). The monoisotopic (exact) mass is 511 g/mol. The average molecular weight is 511 g/mol. The van der Waals surface area contributed by atoms with Crippen molar-refractivity contribution in [2.45, 2.75) is 33.4 Å². The molecule has 0 unspecified atom stereocenters. The van der Waals surface area contributed by atoms with Crippen molar-refractivity contribution in [3.05, 3.63) is 93.3 Å². The molecule has 3 aromatic carbocycles. The van der Waals surface area contributed by atoms with Gasteiger partial charge in [-0.15, -0.1) is 0 Å². The van der Waals surface area contributed by atoms with Gasteiger partial charge in [0.25, 0.3) is 11.7 Å². The summed E-state index contributed by atoms with van der Waals surface area (Å²) in [5.74, 6) is -2.84. The Morgan fingerprint density at radius 3 is 2.32 bits per heavy atom. The molecule has 0 bridgehead atoms. The van der Waals surface area contributed by atoms with Gasteiger partial charge in [0.1, 0.15) is 17.1 Å². The fourth-order valence-electron chi connectivity index (χ4n) is 3.73. The van der Waals surface area contributed by atoms with Crippen LogP contribution in [-0.4, -0.2) is 12.5 Å². The van der Waals surface area contributed by atoms with E-state index in [1.54, 1.807) is 18.2 Å². The first kappa shape index (κ1) is 25.8. The van der Waals surface area contributed by atoms with Gasteiger partial charge in [0.2, 0.25) is 11.2 Å². The molecule has 4 rings (SSSR count). The number of amides is 1. The lowest BCUT2D eigenvalue weighted by molar-refractivity contribution is -0.154. The van der Waals surface area contributed by atoms with Crippen molar-refractivity contribution in [3.63, 3.8) is 0 Å². The van der Waals surface area contributed by atoms with Crippen molar-refractivity contribution in [2.24, 2.45) is 0 Å². The Balaban J connectivity index is 1.59. The van der Waals surface area contributed by atoms with Crippen LogP contribution in [0, 0.1) is 13.8 Å². The number of fused-ring (bicyclic) bond motifs is 1. The summed E-state index contributed by atoms with van der Waals surface area (Å²) < 4.78 is 57.3. The summed E-state index contributed by atoms with van der Waals surface area (Å²) in [6.45, 7) is 5.32. The normalized spacial score (nSPS) is 11.4. The molecule has 0 aliphatic rings. The number of carbonyl (C=O) groups is 1. The van der Waals surface area contributed by atoms with Gasteiger partial charge >= 0.3 is 6.18 Å². The van der Waals surface area contributed by atoms with E-state index in [9.17, 15) is 22.8 Å². The number of halogens is 3. The Labute approximate surface area is 210 Å². The largest absolute Gasteiger partial charge is 0.484 e. The van der Waals surface area contributed by atoms with Crippen molar-refractivity contribution < 1.29 is 31.9 Å². The van der Waals surface area contributed by atoms with Gasteiger partial charge in [-0.05, 0) is 61.7 Å². The molecule has 4 aromatic rings. The van der Waals surface area contributed by atoms with Gasteiger partial charge in [0.15, 0.2) is 6.61 Å². The molecule has 0 saturated heterocycles. The zero-order chi connectivity index (χ0) is 26.7. The fourth-order valence-corrected chi connectivity index (χ4v) is 3.73. The molecule has 1 heterocycles. The molecular formula is C28H24F3NO5. The molecular weight excluding hydrogens is 487 g/mol. The minimum atomic E-state index is -4.99. The first-order valence-corrected chi connectivity index (χ1v) is 11.5. The molecule has 9 heteroatoms. The van der Waals surface area contributed by atoms with Crippen LogP contribution in [0.5, 0.6) is 17.2 Å². The summed E-state index contributed by atoms with van der Waals surface area (Å²) in [4.78, 5) is 25.3. The molecule has 6 nitrogen and oxygen atoms in total. The first-order chi connectivity index (χ1) is 17.5. The smallest absolute Gasteiger partial charge is 0.453 e. The predicted molar refractivity (Wildman–Crippen MR) is 133 cm³/mol. The van der Waals surface area contributed by atoms with E-state index in [0.29, 0.717) is 5.69 Å². The summed E-state index contributed by atoms with van der Waals surface area (Å²) in [5.41, 5.74) is 2.18. The molecule has 0 saturated carbocycles. The highest BCUT2D eigenvalue weighted by atomic mass is 19.4. The highest BCUT2D eigenvalue weighted by Gasteiger charge is 2.40. The van der Waals surface area contributed by atoms with Crippen molar-refractivity contribution in [2.75, 3.05) is 11.9 Å². The van der Waals surface area contributed by atoms with E-state index in [4.69, 9.17) is 13.9 Å². The van der Waals surface area contributed by atoms with E-state index in [0.717, 1.165) is 29.2 Å². The van der Waals surface area contributed by atoms with E-state index in [2.05, 4.69) is 5.32 Å². The number of nitrogens with one attached hydrogen (secondary N) is 1. The Morgan fingerprint density at radius 1 is 0.973 bits per heavy atom. The SMILES string of the molecule is CCc1ccc(Oc2c(C(F)(F)F)oc3cc(OCC(=O)Nc4ccc(C)cc4C)ccc3c2=O)cc1. The Bertz CT molecular complexity index is 1510. The number of rotatable bonds is 7. The van der Waals surface area contributed by atoms with Gasteiger partial charge in [-0.1, -0.05) is 36.8 Å². The van der Waals surface area contributed by atoms with Crippen LogP contribution in [-0.2, 0) is 17.4 Å². The van der Waals surface area contributed by atoms with Crippen LogP contribution < -0.4 is 20.2 Å². The summed E-state index contributed by atoms with van der Waals surface area (Å²) in [6, 6.07) is 15.7. The number of alkyl halides is 3. The van der Waals surface area contributed by atoms with Crippen LogP contribution in [0.4, 0.5) is 18.9 Å². The van der Waals surface area contributed by atoms with Crippen LogP contribution in [0.25, 0.3) is 11.0 Å². The molecule has 0 fully saturated rings. The highest BCUT2D eigenvalue weighted by Crippen LogP contribution is 2.38. The van der Waals surface area contributed by atoms with Crippen molar-refractivity contribution in [3.8, 4) is 17.2 Å². The van der Waals surface area contributed by atoms with E-state index in [1.165, 1.54) is 24.3 Å². The molecule has 37 heavy (non-hydrogen) atoms. The maximum Gasteiger partial charge on any atom is 0.453 e. The first-order valence-electron chi connectivity index (χ1n) is 11.5. The van der Waals surface area contributed by atoms with E-state index < -0.39 is 35.6 Å². The lowest BCUT2D eigenvalue weighted by Crippen LogP contribution is -2.20. The van der Waals surface area contributed by atoms with Crippen molar-refractivity contribution >= 4 is 22.6 Å². The fraction of sp³-hybridized carbons (Fsp3) is 0.214. The van der Waals surface area contributed by atoms with Crippen LogP contribution in [0.2, 0.25) is 0 Å². The molecule has 0 atom stereocenters. The van der Waals surface area contributed by atoms with Gasteiger partial charge in [0.05, 0.1) is 5.39 Å². The summed E-state index contributed by atoms with van der Waals surface area (Å²) >= 11 is 0. The molecule has 0 radical (unpaired) electrons. The third-order valence-electron chi connectivity index (χ3n) is 5.66. The second-order valence-electron chi connectivity index (χ2n) is 8.50. The van der Waals surface area contributed by atoms with Crippen LogP contribution >= 0.6 is 0 Å². The third kappa shape index (κ3) is 5.94. The topological polar surface area (TPSA) is 77.8 Å². The number of aryl methyl sites for hydroxylation is 3. The van der Waals surface area contributed by atoms with Gasteiger partial charge in [0, 0.05) is 11.8 Å². The van der Waals surface area contributed by atoms with Gasteiger partial charge < -0.3 is 19.2 Å². The van der Waals surface area contributed by atoms with Crippen LogP contribution in [0.1, 0.15) is 29.4 Å². The number of hydrogen-bond donors (Lipinski definition) is 1. The summed E-state index contributed by atoms with van der Waals surface area (Å²) in [6.07, 6.45) is -4.25. The highest BCUT2D eigenvalue weighted by molar-refractivity contribution is 5.92. The molecule has 1 N–H and O–H groups in total. The Kier molecular flexibility index (Phi) is 7.24. The van der Waals surface area contributed by atoms with Crippen molar-refractivity contribution in [1.29, 1.82) is 0 Å².